The number of nitrogens with zero attached hydrogens (tertiary/aromatic N) is 1. The van der Waals surface area contributed by atoms with E-state index in [2.05, 4.69) is 6.08 Å². The van der Waals surface area contributed by atoms with Crippen LogP contribution in [0.5, 0.6) is 0 Å². The van der Waals surface area contributed by atoms with Crippen molar-refractivity contribution in [2.75, 3.05) is 0 Å². The minimum atomic E-state index is -0.531. The van der Waals surface area contributed by atoms with Crippen molar-refractivity contribution >= 4 is 11.6 Å². The van der Waals surface area contributed by atoms with Gasteiger partial charge in [0.1, 0.15) is 0 Å². The molecule has 0 spiro atoms. The Morgan fingerprint density at radius 3 is 2.71 bits per heavy atom. The maximum atomic E-state index is 10.5. The van der Waals surface area contributed by atoms with Crippen molar-refractivity contribution < 1.29 is 5.11 Å². The van der Waals surface area contributed by atoms with Crippen molar-refractivity contribution in [2.45, 2.75) is 25.9 Å². The van der Waals surface area contributed by atoms with Gasteiger partial charge in [0.05, 0.1) is 11.8 Å². The van der Waals surface area contributed by atoms with E-state index in [1.54, 1.807) is 0 Å². The average Bonchev–Trinajstić information content (AvgIpc) is 3.01. The number of halogens is 1. The van der Waals surface area contributed by atoms with E-state index in [0.29, 0.717) is 11.4 Å². The van der Waals surface area contributed by atoms with Gasteiger partial charge < -0.3 is 9.67 Å². The van der Waals surface area contributed by atoms with Gasteiger partial charge in [0.25, 0.3) is 0 Å². The summed E-state index contributed by atoms with van der Waals surface area (Å²) >= 11 is 6.08. The van der Waals surface area contributed by atoms with E-state index in [9.17, 15) is 5.11 Å². The highest BCUT2D eigenvalue weighted by Crippen LogP contribution is 2.28. The summed E-state index contributed by atoms with van der Waals surface area (Å²) in [6.07, 6.45) is 12.9. The lowest BCUT2D eigenvalue weighted by molar-refractivity contribution is 0.168. The first kappa shape index (κ1) is 15.6. The predicted molar refractivity (Wildman–Crippen MR) is 88.9 cm³/mol. The fourth-order valence-electron chi connectivity index (χ4n) is 2.22. The molecule has 2 nitrogen and oxygen atoms in total. The van der Waals surface area contributed by atoms with E-state index in [-0.39, 0.29) is 0 Å². The second-order valence-corrected chi connectivity index (χ2v) is 5.28. The van der Waals surface area contributed by atoms with Crippen LogP contribution in [0.15, 0.2) is 67.0 Å². The van der Waals surface area contributed by atoms with E-state index in [1.165, 1.54) is 0 Å². The topological polar surface area (TPSA) is 25.2 Å². The van der Waals surface area contributed by atoms with Crippen molar-refractivity contribution in [3.8, 4) is 5.69 Å². The molecule has 0 aliphatic rings. The van der Waals surface area contributed by atoms with Gasteiger partial charge in [-0.05, 0) is 50.1 Å². The first-order valence-electron chi connectivity index (χ1n) is 7.11. The Morgan fingerprint density at radius 2 is 2.00 bits per heavy atom. The SMILES string of the molecule is C/C=C\C=C/CCC(O)c1cc(Cl)ccc1-n1cccc1. The second-order valence-electron chi connectivity index (χ2n) is 4.84. The van der Waals surface area contributed by atoms with Gasteiger partial charge in [0.2, 0.25) is 0 Å². The summed E-state index contributed by atoms with van der Waals surface area (Å²) in [5.41, 5.74) is 1.83. The fraction of sp³-hybridized carbons (Fsp3) is 0.222. The Balaban J connectivity index is 2.16. The molecule has 1 unspecified atom stereocenters. The third-order valence-corrected chi connectivity index (χ3v) is 3.51. The first-order chi connectivity index (χ1) is 10.2. The van der Waals surface area contributed by atoms with Crippen LogP contribution in [0.1, 0.15) is 31.4 Å². The zero-order valence-corrected chi connectivity index (χ0v) is 12.9. The number of hydrogen-bond acceptors (Lipinski definition) is 1. The van der Waals surface area contributed by atoms with Gasteiger partial charge in [-0.15, -0.1) is 0 Å². The van der Waals surface area contributed by atoms with Crippen molar-refractivity contribution in [2.24, 2.45) is 0 Å². The molecule has 0 amide bonds. The summed E-state index contributed by atoms with van der Waals surface area (Å²) in [5.74, 6) is 0. The minimum absolute atomic E-state index is 0.531. The Bertz CT molecular complexity index is 614. The number of aliphatic hydroxyl groups is 1. The monoisotopic (exact) mass is 301 g/mol. The lowest BCUT2D eigenvalue weighted by Crippen LogP contribution is -2.03. The molecular weight excluding hydrogens is 282 g/mol. The van der Waals surface area contributed by atoms with Gasteiger partial charge in [-0.25, -0.2) is 0 Å². The Hall–Kier alpha value is -1.77. The van der Waals surface area contributed by atoms with Gasteiger partial charge in [-0.2, -0.15) is 0 Å². The van der Waals surface area contributed by atoms with Crippen LogP contribution in [0.25, 0.3) is 5.69 Å². The number of allylic oxidation sites excluding steroid dienone is 4. The van der Waals surface area contributed by atoms with Crippen molar-refractivity contribution in [3.63, 3.8) is 0 Å². The highest BCUT2D eigenvalue weighted by atomic mass is 35.5. The summed E-state index contributed by atoms with van der Waals surface area (Å²) in [6.45, 7) is 1.98. The summed E-state index contributed by atoms with van der Waals surface area (Å²) in [4.78, 5) is 0. The van der Waals surface area contributed by atoms with Gasteiger partial charge in [0, 0.05) is 23.0 Å². The maximum Gasteiger partial charge on any atom is 0.0813 e. The molecule has 1 heterocycles. The lowest BCUT2D eigenvalue weighted by atomic mass is 10.0. The smallest absolute Gasteiger partial charge is 0.0813 e. The molecule has 0 fully saturated rings. The molecule has 0 aliphatic carbocycles. The molecule has 1 aromatic carbocycles. The van der Waals surface area contributed by atoms with Crippen LogP contribution < -0.4 is 0 Å². The number of rotatable bonds is 6. The van der Waals surface area contributed by atoms with Crippen molar-refractivity contribution in [1.29, 1.82) is 0 Å². The zero-order valence-electron chi connectivity index (χ0n) is 12.1. The average molecular weight is 302 g/mol. The number of aromatic nitrogens is 1. The van der Waals surface area contributed by atoms with Crippen LogP contribution in [0.3, 0.4) is 0 Å². The van der Waals surface area contributed by atoms with Crippen LogP contribution in [0.2, 0.25) is 5.02 Å². The molecule has 2 rings (SSSR count). The third kappa shape index (κ3) is 4.35. The van der Waals surface area contributed by atoms with Crippen LogP contribution in [0, 0.1) is 0 Å². The summed E-state index contributed by atoms with van der Waals surface area (Å²) in [6, 6.07) is 9.56. The molecule has 110 valence electrons. The fourth-order valence-corrected chi connectivity index (χ4v) is 2.40. The van der Waals surface area contributed by atoms with Crippen molar-refractivity contribution in [1.82, 2.24) is 4.57 Å². The quantitative estimate of drug-likeness (QED) is 0.740. The highest BCUT2D eigenvalue weighted by Gasteiger charge is 2.13. The molecule has 0 radical (unpaired) electrons. The first-order valence-corrected chi connectivity index (χ1v) is 7.49. The number of aliphatic hydroxyl groups excluding tert-OH is 1. The minimum Gasteiger partial charge on any atom is -0.388 e. The van der Waals surface area contributed by atoms with Gasteiger partial charge >= 0.3 is 0 Å². The van der Waals surface area contributed by atoms with E-state index >= 15 is 0 Å². The van der Waals surface area contributed by atoms with Gasteiger partial charge in [-0.3, -0.25) is 0 Å². The molecule has 1 atom stereocenters. The number of benzene rings is 1. The van der Waals surface area contributed by atoms with Crippen LogP contribution in [-0.2, 0) is 0 Å². The summed E-state index contributed by atoms with van der Waals surface area (Å²) in [5, 5.41) is 11.1. The molecule has 0 saturated carbocycles. The van der Waals surface area contributed by atoms with Crippen LogP contribution >= 0.6 is 11.6 Å². The van der Waals surface area contributed by atoms with Crippen molar-refractivity contribution in [3.05, 3.63) is 77.6 Å². The Labute approximate surface area is 131 Å². The summed E-state index contributed by atoms with van der Waals surface area (Å²) < 4.78 is 1.99. The molecule has 21 heavy (non-hydrogen) atoms. The largest absolute Gasteiger partial charge is 0.388 e. The van der Waals surface area contributed by atoms with E-state index in [1.807, 2.05) is 72.4 Å². The van der Waals surface area contributed by atoms with E-state index < -0.39 is 6.10 Å². The van der Waals surface area contributed by atoms with E-state index in [4.69, 9.17) is 11.6 Å². The molecule has 1 N–H and O–H groups in total. The normalized spacial score (nSPS) is 13.3. The molecule has 0 bridgehead atoms. The van der Waals surface area contributed by atoms with Gasteiger partial charge in [0.15, 0.2) is 0 Å². The second kappa shape index (κ2) is 7.87. The molecule has 0 aliphatic heterocycles. The number of hydrogen-bond donors (Lipinski definition) is 1. The zero-order chi connectivity index (χ0) is 15.1. The summed E-state index contributed by atoms with van der Waals surface area (Å²) in [7, 11) is 0. The molecule has 2 aromatic rings. The lowest BCUT2D eigenvalue weighted by Gasteiger charge is -2.16. The maximum absolute atomic E-state index is 10.5. The molecule has 3 heteroatoms. The predicted octanol–water partition coefficient (Wildman–Crippen LogP) is 5.08. The molecule has 1 aromatic heterocycles. The van der Waals surface area contributed by atoms with E-state index in [0.717, 1.165) is 17.7 Å². The van der Waals surface area contributed by atoms with Crippen LogP contribution in [0.4, 0.5) is 0 Å². The van der Waals surface area contributed by atoms with Crippen LogP contribution in [-0.4, -0.2) is 9.67 Å². The Kier molecular flexibility index (Phi) is 5.85. The highest BCUT2D eigenvalue weighted by molar-refractivity contribution is 6.30. The van der Waals surface area contributed by atoms with Gasteiger partial charge in [-0.1, -0.05) is 35.9 Å². The third-order valence-electron chi connectivity index (χ3n) is 3.28. The Morgan fingerprint density at radius 1 is 1.24 bits per heavy atom. The standard InChI is InChI=1S/C18H20ClNO/c1-2-3-4-5-6-9-18(21)16-14-15(19)10-11-17(16)20-12-7-8-13-20/h2-5,7-8,10-14,18,21H,6,9H2,1H3/b3-2-,5-4-. The molecule has 0 saturated heterocycles. The molecular formula is C18H20ClNO.